The van der Waals surface area contributed by atoms with Gasteiger partial charge in [-0.25, -0.2) is 4.39 Å². The first-order valence-electron chi connectivity index (χ1n) is 4.41. The molecule has 0 bridgehead atoms. The van der Waals surface area contributed by atoms with Crippen LogP contribution in [0.2, 0.25) is 0 Å². The minimum Gasteiger partial charge on any atom is -0.298 e. The number of carbonyl (C=O) groups excluding carboxylic acids is 1. The zero-order valence-electron chi connectivity index (χ0n) is 7.71. The molecule has 2 rings (SSSR count). The highest BCUT2D eigenvalue weighted by atomic mass is 32.1. The quantitative estimate of drug-likeness (QED) is 0.691. The highest BCUT2D eigenvalue weighted by Crippen LogP contribution is 2.29. The van der Waals surface area contributed by atoms with Gasteiger partial charge >= 0.3 is 0 Å². The minimum absolute atomic E-state index is 0.289. The molecule has 0 saturated heterocycles. The summed E-state index contributed by atoms with van der Waals surface area (Å²) in [4.78, 5) is 10.9. The van der Waals surface area contributed by atoms with Crippen LogP contribution >= 0.6 is 11.3 Å². The minimum atomic E-state index is -0.289. The fourth-order valence-electron chi connectivity index (χ4n) is 1.60. The topological polar surface area (TPSA) is 17.1 Å². The largest absolute Gasteiger partial charge is 0.298 e. The molecule has 1 aromatic heterocycles. The fraction of sp³-hybridized carbons (Fsp3) is 0.182. The van der Waals surface area contributed by atoms with E-state index in [4.69, 9.17) is 0 Å². The molecule has 0 saturated carbocycles. The van der Waals surface area contributed by atoms with Gasteiger partial charge in [0.05, 0.1) is 0 Å². The zero-order valence-corrected chi connectivity index (χ0v) is 8.53. The molecule has 2 aromatic rings. The maximum Gasteiger partial charge on any atom is 0.151 e. The van der Waals surface area contributed by atoms with Crippen molar-refractivity contribution < 1.29 is 9.18 Å². The molecule has 0 aliphatic carbocycles. The van der Waals surface area contributed by atoms with E-state index in [2.05, 4.69) is 0 Å². The number of fused-ring (bicyclic) bond motifs is 1. The summed E-state index contributed by atoms with van der Waals surface area (Å²) in [5.41, 5.74) is 1.41. The number of rotatable bonds is 2. The Hall–Kier alpha value is -1.22. The number of hydrogen-bond acceptors (Lipinski definition) is 2. The van der Waals surface area contributed by atoms with Crippen LogP contribution in [0.5, 0.6) is 0 Å². The maximum atomic E-state index is 13.4. The van der Waals surface area contributed by atoms with E-state index < -0.39 is 0 Å². The monoisotopic (exact) mass is 208 g/mol. The molecule has 14 heavy (non-hydrogen) atoms. The average Bonchev–Trinajstić information content (AvgIpc) is 2.59. The molecular weight excluding hydrogens is 199 g/mol. The van der Waals surface area contributed by atoms with Crippen molar-refractivity contribution in [2.45, 2.75) is 13.3 Å². The molecule has 72 valence electrons. The number of carbonyl (C=O) groups is 1. The number of benzene rings is 1. The summed E-state index contributed by atoms with van der Waals surface area (Å²) in [5.74, 6) is -0.289. The summed E-state index contributed by atoms with van der Waals surface area (Å²) < 4.78 is 14.2. The molecule has 0 spiro atoms. The number of halogens is 1. The van der Waals surface area contributed by atoms with Crippen LogP contribution in [0.15, 0.2) is 17.5 Å². The summed E-state index contributed by atoms with van der Waals surface area (Å²) in [7, 11) is 0. The number of aryl methyl sites for hydroxylation is 1. The van der Waals surface area contributed by atoms with Crippen molar-refractivity contribution >= 4 is 27.7 Å². The van der Waals surface area contributed by atoms with Gasteiger partial charge in [0.1, 0.15) is 5.82 Å². The van der Waals surface area contributed by atoms with Gasteiger partial charge in [-0.15, -0.1) is 11.3 Å². The predicted molar refractivity (Wildman–Crippen MR) is 56.5 cm³/mol. The lowest BCUT2D eigenvalue weighted by molar-refractivity contribution is 0.112. The SMILES string of the molecule is CCc1ccc2scc(F)c2c1C=O. The first-order chi connectivity index (χ1) is 6.77. The Morgan fingerprint density at radius 2 is 2.29 bits per heavy atom. The number of thiophene rings is 1. The predicted octanol–water partition coefficient (Wildman–Crippen LogP) is 3.42. The van der Waals surface area contributed by atoms with Gasteiger partial charge in [-0.1, -0.05) is 13.0 Å². The van der Waals surface area contributed by atoms with Gasteiger partial charge in [-0.05, 0) is 18.1 Å². The van der Waals surface area contributed by atoms with Crippen LogP contribution < -0.4 is 0 Å². The normalized spacial score (nSPS) is 10.7. The van der Waals surface area contributed by atoms with E-state index in [0.717, 1.165) is 23.0 Å². The molecule has 1 heterocycles. The van der Waals surface area contributed by atoms with Gasteiger partial charge in [0, 0.05) is 21.0 Å². The molecule has 0 amide bonds. The van der Waals surface area contributed by atoms with E-state index in [9.17, 15) is 9.18 Å². The van der Waals surface area contributed by atoms with Crippen LogP contribution in [0.4, 0.5) is 4.39 Å². The lowest BCUT2D eigenvalue weighted by Gasteiger charge is -2.02. The Morgan fingerprint density at radius 1 is 1.50 bits per heavy atom. The van der Waals surface area contributed by atoms with Crippen LogP contribution in [-0.4, -0.2) is 6.29 Å². The van der Waals surface area contributed by atoms with Crippen molar-refractivity contribution in [1.82, 2.24) is 0 Å². The molecule has 0 atom stereocenters. The summed E-state index contributed by atoms with van der Waals surface area (Å²) >= 11 is 1.33. The smallest absolute Gasteiger partial charge is 0.151 e. The van der Waals surface area contributed by atoms with Crippen LogP contribution in [-0.2, 0) is 6.42 Å². The Kier molecular flexibility index (Phi) is 2.33. The molecular formula is C11H9FOS. The maximum absolute atomic E-state index is 13.4. The Labute approximate surface area is 85.2 Å². The van der Waals surface area contributed by atoms with Crippen molar-refractivity contribution in [3.05, 3.63) is 34.5 Å². The zero-order chi connectivity index (χ0) is 10.1. The molecule has 0 radical (unpaired) electrons. The van der Waals surface area contributed by atoms with Crippen molar-refractivity contribution in [1.29, 1.82) is 0 Å². The molecule has 0 aliphatic rings. The number of aldehydes is 1. The lowest BCUT2D eigenvalue weighted by Crippen LogP contribution is -1.91. The molecule has 0 unspecified atom stereocenters. The van der Waals surface area contributed by atoms with Crippen LogP contribution in [0, 0.1) is 5.82 Å². The molecule has 1 aromatic carbocycles. The first kappa shape index (κ1) is 9.34. The van der Waals surface area contributed by atoms with E-state index in [1.807, 2.05) is 19.1 Å². The Morgan fingerprint density at radius 3 is 2.93 bits per heavy atom. The van der Waals surface area contributed by atoms with Gasteiger partial charge < -0.3 is 0 Å². The molecule has 1 nitrogen and oxygen atoms in total. The molecule has 3 heteroatoms. The van der Waals surface area contributed by atoms with Gasteiger partial charge in [0.15, 0.2) is 6.29 Å². The van der Waals surface area contributed by atoms with E-state index in [0.29, 0.717) is 10.9 Å². The number of hydrogen-bond donors (Lipinski definition) is 0. The first-order valence-corrected chi connectivity index (χ1v) is 5.29. The van der Waals surface area contributed by atoms with Gasteiger partial charge in [0.25, 0.3) is 0 Å². The standard InChI is InChI=1S/C11H9FOS/c1-2-7-3-4-10-11(8(7)5-13)9(12)6-14-10/h3-6H,2H2,1H3. The van der Waals surface area contributed by atoms with Crippen LogP contribution in [0.3, 0.4) is 0 Å². The fourth-order valence-corrected chi connectivity index (χ4v) is 2.42. The third kappa shape index (κ3) is 1.24. The summed E-state index contributed by atoms with van der Waals surface area (Å²) in [6.45, 7) is 1.96. The molecule has 0 aliphatic heterocycles. The third-order valence-corrected chi connectivity index (χ3v) is 3.24. The van der Waals surface area contributed by atoms with Crippen molar-refractivity contribution in [3.8, 4) is 0 Å². The Balaban J connectivity index is 2.87. The average molecular weight is 208 g/mol. The molecule has 0 fully saturated rings. The van der Waals surface area contributed by atoms with E-state index >= 15 is 0 Å². The third-order valence-electron chi connectivity index (χ3n) is 2.32. The van der Waals surface area contributed by atoms with Crippen molar-refractivity contribution in [3.63, 3.8) is 0 Å². The summed E-state index contributed by atoms with van der Waals surface area (Å²) in [5, 5.41) is 1.92. The highest BCUT2D eigenvalue weighted by Gasteiger charge is 2.11. The molecule has 0 N–H and O–H groups in total. The second kappa shape index (κ2) is 3.50. The lowest BCUT2D eigenvalue weighted by atomic mass is 10.0. The van der Waals surface area contributed by atoms with E-state index in [1.54, 1.807) is 0 Å². The van der Waals surface area contributed by atoms with Gasteiger partial charge in [0.2, 0.25) is 0 Å². The van der Waals surface area contributed by atoms with Crippen molar-refractivity contribution in [2.75, 3.05) is 0 Å². The Bertz CT molecular complexity index is 487. The highest BCUT2D eigenvalue weighted by molar-refractivity contribution is 7.17. The second-order valence-electron chi connectivity index (χ2n) is 3.07. The van der Waals surface area contributed by atoms with Crippen molar-refractivity contribution in [2.24, 2.45) is 0 Å². The van der Waals surface area contributed by atoms with E-state index in [1.165, 1.54) is 16.7 Å². The summed E-state index contributed by atoms with van der Waals surface area (Å²) in [6.07, 6.45) is 1.50. The van der Waals surface area contributed by atoms with Crippen LogP contribution in [0.25, 0.3) is 10.1 Å². The van der Waals surface area contributed by atoms with Crippen LogP contribution in [0.1, 0.15) is 22.8 Å². The second-order valence-corrected chi connectivity index (χ2v) is 3.98. The van der Waals surface area contributed by atoms with Gasteiger partial charge in [-0.2, -0.15) is 0 Å². The van der Waals surface area contributed by atoms with E-state index in [-0.39, 0.29) is 5.82 Å². The summed E-state index contributed by atoms with van der Waals surface area (Å²) in [6, 6.07) is 3.76. The van der Waals surface area contributed by atoms with Gasteiger partial charge in [-0.3, -0.25) is 4.79 Å².